The molecule has 0 aliphatic carbocycles. The van der Waals surface area contributed by atoms with Crippen LogP contribution in [0.2, 0.25) is 0 Å². The van der Waals surface area contributed by atoms with E-state index >= 15 is 0 Å². The predicted molar refractivity (Wildman–Crippen MR) is 110 cm³/mol. The van der Waals surface area contributed by atoms with E-state index < -0.39 is 11.6 Å². The Hall–Kier alpha value is -2.29. The van der Waals surface area contributed by atoms with Crippen molar-refractivity contribution in [3.8, 4) is 0 Å². The second-order valence-corrected chi connectivity index (χ2v) is 8.59. The highest BCUT2D eigenvalue weighted by atomic mass is 79.9. The number of nitrogens with one attached hydrogen (secondary N) is 2. The van der Waals surface area contributed by atoms with Gasteiger partial charge in [-0.3, -0.25) is 4.79 Å². The van der Waals surface area contributed by atoms with E-state index in [0.29, 0.717) is 25.3 Å². The lowest BCUT2D eigenvalue weighted by molar-refractivity contribution is -0.132. The van der Waals surface area contributed by atoms with E-state index in [2.05, 4.69) is 26.6 Å². The first-order chi connectivity index (χ1) is 13.0. The van der Waals surface area contributed by atoms with Gasteiger partial charge in [-0.2, -0.15) is 0 Å². The molecule has 2 rings (SSSR count). The smallest absolute Gasteiger partial charge is 0.410 e. The van der Waals surface area contributed by atoms with Gasteiger partial charge in [-0.25, -0.2) is 9.59 Å². The molecule has 0 unspecified atom stereocenters. The van der Waals surface area contributed by atoms with Crippen LogP contribution in [0.1, 0.15) is 27.7 Å². The average molecular weight is 455 g/mol. The Morgan fingerprint density at radius 3 is 2.39 bits per heavy atom. The lowest BCUT2D eigenvalue weighted by Crippen LogP contribution is -2.57. The molecule has 1 aliphatic heterocycles. The van der Waals surface area contributed by atoms with E-state index in [9.17, 15) is 14.4 Å². The summed E-state index contributed by atoms with van der Waals surface area (Å²) >= 11 is 3.33. The first kappa shape index (κ1) is 22.0. The number of urea groups is 1. The van der Waals surface area contributed by atoms with E-state index in [-0.39, 0.29) is 24.6 Å². The molecule has 0 spiro atoms. The minimum Gasteiger partial charge on any atom is -0.444 e. The summed E-state index contributed by atoms with van der Waals surface area (Å²) in [6.07, 6.45) is -0.376. The normalized spacial score (nSPS) is 17.1. The molecule has 1 fully saturated rings. The largest absolute Gasteiger partial charge is 0.444 e. The molecule has 4 amide bonds. The Balaban J connectivity index is 1.78. The van der Waals surface area contributed by atoms with Crippen molar-refractivity contribution in [2.24, 2.45) is 0 Å². The van der Waals surface area contributed by atoms with Crippen molar-refractivity contribution in [3.63, 3.8) is 0 Å². The summed E-state index contributed by atoms with van der Waals surface area (Å²) in [5.41, 5.74) is 0.0725. The number of hydrogen-bond donors (Lipinski definition) is 2. The number of hydrogen-bond acceptors (Lipinski definition) is 4. The molecular formula is C19H27BrN4O4. The van der Waals surface area contributed by atoms with Crippen molar-refractivity contribution in [1.82, 2.24) is 15.1 Å². The summed E-state index contributed by atoms with van der Waals surface area (Å²) < 4.78 is 6.31. The number of benzene rings is 1. The van der Waals surface area contributed by atoms with Gasteiger partial charge in [0.05, 0.1) is 6.54 Å². The van der Waals surface area contributed by atoms with Crippen LogP contribution in [0.25, 0.3) is 0 Å². The lowest BCUT2D eigenvalue weighted by atomic mass is 10.2. The van der Waals surface area contributed by atoms with E-state index in [4.69, 9.17) is 4.74 Å². The average Bonchev–Trinajstić information content (AvgIpc) is 2.60. The maximum atomic E-state index is 12.4. The maximum Gasteiger partial charge on any atom is 0.410 e. The van der Waals surface area contributed by atoms with Crippen molar-refractivity contribution in [2.45, 2.75) is 39.3 Å². The Labute approximate surface area is 173 Å². The van der Waals surface area contributed by atoms with Crippen LogP contribution >= 0.6 is 15.9 Å². The number of halogens is 1. The van der Waals surface area contributed by atoms with Gasteiger partial charge in [-0.05, 0) is 52.0 Å². The fraction of sp³-hybridized carbons (Fsp3) is 0.526. The molecule has 2 N–H and O–H groups in total. The molecular weight excluding hydrogens is 428 g/mol. The van der Waals surface area contributed by atoms with Crippen LogP contribution in [-0.4, -0.2) is 65.7 Å². The summed E-state index contributed by atoms with van der Waals surface area (Å²) in [5, 5.41) is 5.23. The number of carbonyl (C=O) groups excluding carboxylic acids is 3. The molecule has 1 saturated heterocycles. The van der Waals surface area contributed by atoms with Crippen LogP contribution in [0.4, 0.5) is 15.3 Å². The summed E-state index contributed by atoms with van der Waals surface area (Å²) in [5.74, 6) is -0.193. The zero-order valence-corrected chi connectivity index (χ0v) is 18.2. The number of carbonyl (C=O) groups is 3. The Kier molecular flexibility index (Phi) is 7.29. The molecule has 1 heterocycles. The minimum atomic E-state index is -0.560. The topological polar surface area (TPSA) is 91.0 Å². The van der Waals surface area contributed by atoms with Crippen LogP contribution in [0.5, 0.6) is 0 Å². The second kappa shape index (κ2) is 9.27. The van der Waals surface area contributed by atoms with E-state index in [0.717, 1.165) is 4.47 Å². The van der Waals surface area contributed by atoms with Gasteiger partial charge in [0.15, 0.2) is 0 Å². The molecule has 0 saturated carbocycles. The van der Waals surface area contributed by atoms with Crippen LogP contribution in [-0.2, 0) is 9.53 Å². The van der Waals surface area contributed by atoms with Gasteiger partial charge in [0.25, 0.3) is 0 Å². The van der Waals surface area contributed by atoms with Crippen molar-refractivity contribution in [3.05, 3.63) is 28.7 Å². The van der Waals surface area contributed by atoms with Gasteiger partial charge in [0.2, 0.25) is 5.91 Å². The lowest BCUT2D eigenvalue weighted by Gasteiger charge is -2.40. The van der Waals surface area contributed by atoms with Gasteiger partial charge >= 0.3 is 12.1 Å². The van der Waals surface area contributed by atoms with Crippen LogP contribution in [0, 0.1) is 0 Å². The summed E-state index contributed by atoms with van der Waals surface area (Å²) in [6.45, 7) is 8.42. The Morgan fingerprint density at radius 1 is 1.18 bits per heavy atom. The van der Waals surface area contributed by atoms with Crippen molar-refractivity contribution < 1.29 is 19.1 Å². The molecule has 154 valence electrons. The van der Waals surface area contributed by atoms with Crippen molar-refractivity contribution in [2.75, 3.05) is 31.5 Å². The van der Waals surface area contributed by atoms with Gasteiger partial charge in [-0.15, -0.1) is 0 Å². The third-order valence-corrected chi connectivity index (χ3v) is 4.64. The summed E-state index contributed by atoms with van der Waals surface area (Å²) in [4.78, 5) is 39.9. The Bertz CT molecular complexity index is 718. The van der Waals surface area contributed by atoms with Gasteiger partial charge in [0, 0.05) is 35.8 Å². The second-order valence-electron chi connectivity index (χ2n) is 7.68. The molecule has 0 aromatic heterocycles. The molecule has 8 nitrogen and oxygen atoms in total. The fourth-order valence-corrected chi connectivity index (χ4v) is 3.02. The van der Waals surface area contributed by atoms with Crippen molar-refractivity contribution >= 4 is 39.6 Å². The highest BCUT2D eigenvalue weighted by Crippen LogP contribution is 2.16. The van der Waals surface area contributed by atoms with E-state index in [1.807, 2.05) is 39.8 Å². The fourth-order valence-electron chi connectivity index (χ4n) is 2.75. The molecule has 1 aromatic carbocycles. The zero-order valence-electron chi connectivity index (χ0n) is 16.6. The molecule has 0 bridgehead atoms. The molecule has 1 aromatic rings. The van der Waals surface area contributed by atoms with Crippen LogP contribution in [0.3, 0.4) is 0 Å². The molecule has 1 aliphatic rings. The first-order valence-corrected chi connectivity index (χ1v) is 9.92. The van der Waals surface area contributed by atoms with Gasteiger partial charge in [0.1, 0.15) is 5.60 Å². The van der Waals surface area contributed by atoms with Crippen molar-refractivity contribution in [1.29, 1.82) is 0 Å². The highest BCUT2D eigenvalue weighted by Gasteiger charge is 2.32. The number of rotatable bonds is 3. The van der Waals surface area contributed by atoms with Crippen LogP contribution < -0.4 is 10.6 Å². The van der Waals surface area contributed by atoms with Gasteiger partial charge < -0.3 is 25.2 Å². The number of nitrogens with zero attached hydrogens (tertiary/aromatic N) is 2. The molecule has 28 heavy (non-hydrogen) atoms. The number of ether oxygens (including phenoxy) is 1. The standard InChI is InChI=1S/C19H27BrN4O4/c1-13-12-23(9-10-24(13)18(27)28-19(2,3)4)16(25)11-21-17(26)22-15-7-5-14(20)6-8-15/h5-8,13H,9-12H2,1-4H3,(H2,21,22,26)/t13-/m1/s1. The monoisotopic (exact) mass is 454 g/mol. The quantitative estimate of drug-likeness (QED) is 0.733. The third-order valence-electron chi connectivity index (χ3n) is 4.11. The Morgan fingerprint density at radius 2 is 1.82 bits per heavy atom. The SMILES string of the molecule is C[C@@H]1CN(C(=O)CNC(=O)Nc2ccc(Br)cc2)CCN1C(=O)OC(C)(C)C. The van der Waals surface area contributed by atoms with E-state index in [1.54, 1.807) is 21.9 Å². The number of piperazine rings is 1. The molecule has 9 heteroatoms. The molecule has 1 atom stereocenters. The molecule has 0 radical (unpaired) electrons. The van der Waals surface area contributed by atoms with E-state index in [1.165, 1.54) is 0 Å². The van der Waals surface area contributed by atoms with Crippen LogP contribution in [0.15, 0.2) is 28.7 Å². The summed E-state index contributed by atoms with van der Waals surface area (Å²) in [7, 11) is 0. The first-order valence-electron chi connectivity index (χ1n) is 9.13. The number of amides is 4. The maximum absolute atomic E-state index is 12.4. The third kappa shape index (κ3) is 6.70. The summed E-state index contributed by atoms with van der Waals surface area (Å²) in [6, 6.07) is 6.52. The minimum absolute atomic E-state index is 0.110. The number of anilines is 1. The zero-order chi connectivity index (χ0) is 20.9. The van der Waals surface area contributed by atoms with Gasteiger partial charge in [-0.1, -0.05) is 15.9 Å². The predicted octanol–water partition coefficient (Wildman–Crippen LogP) is 3.04. The highest BCUT2D eigenvalue weighted by molar-refractivity contribution is 9.10.